The zero-order valence-corrected chi connectivity index (χ0v) is 38.6. The van der Waals surface area contributed by atoms with Gasteiger partial charge in [0.2, 0.25) is 11.9 Å². The van der Waals surface area contributed by atoms with Crippen molar-refractivity contribution in [1.29, 1.82) is 0 Å². The molecule has 0 aliphatic heterocycles. The molecule has 0 amide bonds. The lowest BCUT2D eigenvalue weighted by molar-refractivity contribution is 0.893. The first kappa shape index (κ1) is 39.0. The molecule has 0 saturated heterocycles. The molecule has 5 aromatic heterocycles. The largest absolute Gasteiger partial charge is 0.307 e. The Morgan fingerprint density at radius 3 is 1.24 bits per heavy atom. The third-order valence-electron chi connectivity index (χ3n) is 15.0. The van der Waals surface area contributed by atoms with Crippen LogP contribution in [0.4, 0.5) is 0 Å². The highest BCUT2D eigenvalue weighted by Crippen LogP contribution is 2.44. The standard InChI is InChI=1S/C65H39N7/c1-2-21-44(22-3-1)69-55-28-12-8-24-46(55)50-35-37-52-48-26-10-14-30-57(48)71(61(52)59(50)69)64-66-63(43-34-33-40-17-4-5-19-42(40)39-43)67-65(68-64)72-58-31-15-11-27-49(58)53-38-36-51-47-25-9-13-29-56(47)70(60(51)62(53)72)54-32-16-20-41-18-6-7-23-45(41)54/h1-39H. The minimum atomic E-state index is 0.526. The molecule has 16 rings (SSSR count). The van der Waals surface area contributed by atoms with Gasteiger partial charge in [0.05, 0.1) is 49.8 Å². The molecule has 11 aromatic carbocycles. The summed E-state index contributed by atoms with van der Waals surface area (Å²) >= 11 is 0. The highest BCUT2D eigenvalue weighted by atomic mass is 15.3. The summed E-state index contributed by atoms with van der Waals surface area (Å²) in [6.45, 7) is 0. The SMILES string of the molecule is c1ccc(-n2c3ccccc3c3ccc4c5ccccc5n(-c5nc(-c6ccc7ccccc7c6)nc(-n6c7ccccc7c7ccc8c9ccccc9n(-c9cccc%10ccccc9%10)c8c76)n5)c4c32)cc1. The molecule has 0 bridgehead atoms. The molecule has 5 heterocycles. The van der Waals surface area contributed by atoms with Gasteiger partial charge in [-0.15, -0.1) is 0 Å². The van der Waals surface area contributed by atoms with Gasteiger partial charge in [-0.2, -0.15) is 15.0 Å². The maximum atomic E-state index is 5.77. The van der Waals surface area contributed by atoms with Crippen LogP contribution >= 0.6 is 0 Å². The summed E-state index contributed by atoms with van der Waals surface area (Å²) in [6, 6.07) is 84.9. The average molecular weight is 918 g/mol. The summed E-state index contributed by atoms with van der Waals surface area (Å²) in [6.07, 6.45) is 0. The number of benzene rings is 11. The van der Waals surface area contributed by atoms with Gasteiger partial charge in [-0.05, 0) is 64.7 Å². The summed E-state index contributed by atoms with van der Waals surface area (Å²) in [4.78, 5) is 17.0. The van der Waals surface area contributed by atoms with Crippen molar-refractivity contribution < 1.29 is 0 Å². The molecule has 16 aromatic rings. The predicted molar refractivity (Wildman–Crippen MR) is 298 cm³/mol. The van der Waals surface area contributed by atoms with E-state index in [1.165, 1.54) is 21.5 Å². The van der Waals surface area contributed by atoms with E-state index in [1.54, 1.807) is 0 Å². The molecule has 0 fully saturated rings. The Bertz CT molecular complexity index is 4930. The monoisotopic (exact) mass is 917 g/mol. The van der Waals surface area contributed by atoms with E-state index in [4.69, 9.17) is 15.0 Å². The van der Waals surface area contributed by atoms with Crippen LogP contribution in [0.3, 0.4) is 0 Å². The molecule has 0 radical (unpaired) electrons. The number of aromatic nitrogens is 7. The molecule has 0 saturated carbocycles. The van der Waals surface area contributed by atoms with Crippen LogP contribution in [-0.4, -0.2) is 33.2 Å². The summed E-state index contributed by atoms with van der Waals surface area (Å²) in [7, 11) is 0. The minimum absolute atomic E-state index is 0.526. The van der Waals surface area contributed by atoms with Crippen LogP contribution in [0.5, 0.6) is 0 Å². The Morgan fingerprint density at radius 2 is 0.667 bits per heavy atom. The van der Waals surface area contributed by atoms with Gasteiger partial charge < -0.3 is 9.13 Å². The Hall–Kier alpha value is -9.85. The first-order chi connectivity index (χ1) is 35.7. The number of hydrogen-bond acceptors (Lipinski definition) is 3. The highest BCUT2D eigenvalue weighted by Gasteiger charge is 2.27. The van der Waals surface area contributed by atoms with Crippen LogP contribution in [0.2, 0.25) is 0 Å². The van der Waals surface area contributed by atoms with Crippen LogP contribution in [0.25, 0.3) is 143 Å². The van der Waals surface area contributed by atoms with E-state index >= 15 is 0 Å². The molecule has 334 valence electrons. The van der Waals surface area contributed by atoms with E-state index in [9.17, 15) is 0 Å². The fraction of sp³-hybridized carbons (Fsp3) is 0. The van der Waals surface area contributed by atoms with E-state index in [1.807, 2.05) is 0 Å². The molecular weight excluding hydrogens is 879 g/mol. The summed E-state index contributed by atoms with van der Waals surface area (Å²) in [5.41, 5.74) is 11.6. The first-order valence-corrected chi connectivity index (χ1v) is 24.5. The van der Waals surface area contributed by atoms with E-state index in [0.29, 0.717) is 17.7 Å². The van der Waals surface area contributed by atoms with Crippen LogP contribution in [0.1, 0.15) is 0 Å². The second-order valence-corrected chi connectivity index (χ2v) is 18.8. The van der Waals surface area contributed by atoms with Gasteiger partial charge in [0, 0.05) is 59.7 Å². The van der Waals surface area contributed by atoms with Crippen molar-refractivity contribution in [2.75, 3.05) is 0 Å². The highest BCUT2D eigenvalue weighted by molar-refractivity contribution is 6.25. The molecule has 7 nitrogen and oxygen atoms in total. The lowest BCUT2D eigenvalue weighted by atomic mass is 10.1. The third kappa shape index (κ3) is 5.41. The van der Waals surface area contributed by atoms with Crippen molar-refractivity contribution in [1.82, 2.24) is 33.2 Å². The average Bonchev–Trinajstić information content (AvgIpc) is 4.18. The number of hydrogen-bond donors (Lipinski definition) is 0. The van der Waals surface area contributed by atoms with E-state index in [-0.39, 0.29) is 0 Å². The second kappa shape index (κ2) is 14.8. The van der Waals surface area contributed by atoms with Gasteiger partial charge in [-0.3, -0.25) is 9.13 Å². The number of nitrogens with zero attached hydrogens (tertiary/aromatic N) is 7. The van der Waals surface area contributed by atoms with Crippen molar-refractivity contribution in [2.24, 2.45) is 0 Å². The van der Waals surface area contributed by atoms with Crippen molar-refractivity contribution in [2.45, 2.75) is 0 Å². The Kier molecular flexibility index (Phi) is 8.04. The Labute approximate surface area is 411 Å². The summed E-state index contributed by atoms with van der Waals surface area (Å²) in [5, 5.41) is 13.7. The topological polar surface area (TPSA) is 58.4 Å². The van der Waals surface area contributed by atoms with Gasteiger partial charge in [0.25, 0.3) is 0 Å². The van der Waals surface area contributed by atoms with Crippen LogP contribution in [0.15, 0.2) is 237 Å². The van der Waals surface area contributed by atoms with Crippen LogP contribution in [0, 0.1) is 0 Å². The quantitative estimate of drug-likeness (QED) is 0.173. The fourth-order valence-electron chi connectivity index (χ4n) is 11.9. The van der Waals surface area contributed by atoms with Crippen LogP contribution in [-0.2, 0) is 0 Å². The zero-order valence-electron chi connectivity index (χ0n) is 38.6. The number of fused-ring (bicyclic) bond motifs is 16. The second-order valence-electron chi connectivity index (χ2n) is 18.8. The maximum absolute atomic E-state index is 5.77. The van der Waals surface area contributed by atoms with Gasteiger partial charge in [0.15, 0.2) is 5.82 Å². The fourth-order valence-corrected chi connectivity index (χ4v) is 11.9. The zero-order chi connectivity index (χ0) is 47.0. The first-order valence-electron chi connectivity index (χ1n) is 24.5. The molecule has 0 unspecified atom stereocenters. The van der Waals surface area contributed by atoms with Gasteiger partial charge in [0.1, 0.15) is 0 Å². The molecule has 0 spiro atoms. The summed E-state index contributed by atoms with van der Waals surface area (Å²) in [5.74, 6) is 1.63. The number of rotatable bonds is 5. The smallest absolute Gasteiger partial charge is 0.240 e. The summed E-state index contributed by atoms with van der Waals surface area (Å²) < 4.78 is 9.46. The molecule has 7 heteroatoms. The minimum Gasteiger partial charge on any atom is -0.307 e. The van der Waals surface area contributed by atoms with E-state index < -0.39 is 0 Å². The molecule has 0 aliphatic rings. The molecular formula is C65H39N7. The molecule has 72 heavy (non-hydrogen) atoms. The van der Waals surface area contributed by atoms with Crippen molar-refractivity contribution >= 4 is 109 Å². The predicted octanol–water partition coefficient (Wildman–Crippen LogP) is 16.2. The third-order valence-corrected chi connectivity index (χ3v) is 15.0. The Morgan fingerprint density at radius 1 is 0.250 bits per heavy atom. The Balaban J connectivity index is 1.09. The van der Waals surface area contributed by atoms with E-state index in [0.717, 1.165) is 104 Å². The molecule has 0 N–H and O–H groups in total. The maximum Gasteiger partial charge on any atom is 0.240 e. The van der Waals surface area contributed by atoms with Gasteiger partial charge >= 0.3 is 0 Å². The normalized spacial score (nSPS) is 12.2. The lowest BCUT2D eigenvalue weighted by Crippen LogP contribution is -2.11. The lowest BCUT2D eigenvalue weighted by Gasteiger charge is -2.15. The van der Waals surface area contributed by atoms with Crippen molar-refractivity contribution in [3.8, 4) is 34.7 Å². The number of para-hydroxylation sites is 5. The molecule has 0 atom stereocenters. The van der Waals surface area contributed by atoms with Crippen molar-refractivity contribution in [3.63, 3.8) is 0 Å². The van der Waals surface area contributed by atoms with Gasteiger partial charge in [-0.1, -0.05) is 188 Å². The van der Waals surface area contributed by atoms with Gasteiger partial charge in [-0.25, -0.2) is 0 Å². The van der Waals surface area contributed by atoms with E-state index in [2.05, 4.69) is 255 Å². The molecule has 0 aliphatic carbocycles. The van der Waals surface area contributed by atoms with Crippen molar-refractivity contribution in [3.05, 3.63) is 237 Å². The van der Waals surface area contributed by atoms with Crippen LogP contribution < -0.4 is 0 Å².